The van der Waals surface area contributed by atoms with Crippen molar-refractivity contribution in [1.29, 1.82) is 0 Å². The van der Waals surface area contributed by atoms with Crippen molar-refractivity contribution in [3.8, 4) is 0 Å². The Morgan fingerprint density at radius 2 is 2.21 bits per heavy atom. The number of rotatable bonds is 3. The molecule has 4 nitrogen and oxygen atoms in total. The monoisotopic (exact) mass is 203 g/mol. The standard InChI is InChI=1S/C8H7F2NO3/c9-4-8(12)5-1-2-6(10)7(3-5)11(13)14/h1-3,8,12H,4H2. The Morgan fingerprint density at radius 3 is 2.71 bits per heavy atom. The fraction of sp³-hybridized carbons (Fsp3) is 0.250. The Balaban J connectivity index is 3.12. The minimum atomic E-state index is -1.45. The average molecular weight is 203 g/mol. The Morgan fingerprint density at radius 1 is 1.57 bits per heavy atom. The Kier molecular flexibility index (Phi) is 3.08. The highest BCUT2D eigenvalue weighted by molar-refractivity contribution is 5.37. The van der Waals surface area contributed by atoms with Crippen molar-refractivity contribution in [2.75, 3.05) is 6.67 Å². The highest BCUT2D eigenvalue weighted by Crippen LogP contribution is 2.22. The smallest absolute Gasteiger partial charge is 0.305 e. The van der Waals surface area contributed by atoms with Crippen molar-refractivity contribution in [3.05, 3.63) is 39.7 Å². The van der Waals surface area contributed by atoms with Gasteiger partial charge in [-0.3, -0.25) is 10.1 Å². The van der Waals surface area contributed by atoms with Crippen LogP contribution in [0.3, 0.4) is 0 Å². The van der Waals surface area contributed by atoms with Gasteiger partial charge >= 0.3 is 5.69 Å². The lowest BCUT2D eigenvalue weighted by Gasteiger charge is -2.05. The highest BCUT2D eigenvalue weighted by atomic mass is 19.1. The second-order valence-corrected chi connectivity index (χ2v) is 2.64. The molecule has 0 heterocycles. The first-order valence-electron chi connectivity index (χ1n) is 3.74. The molecule has 1 unspecified atom stereocenters. The van der Waals surface area contributed by atoms with Gasteiger partial charge in [-0.25, -0.2) is 4.39 Å². The average Bonchev–Trinajstić information content (AvgIpc) is 2.17. The maximum atomic E-state index is 12.8. The topological polar surface area (TPSA) is 63.4 Å². The molecule has 0 saturated carbocycles. The predicted octanol–water partition coefficient (Wildman–Crippen LogP) is 1.74. The van der Waals surface area contributed by atoms with E-state index < -0.39 is 29.2 Å². The van der Waals surface area contributed by atoms with E-state index in [2.05, 4.69) is 0 Å². The summed E-state index contributed by atoms with van der Waals surface area (Å²) in [5.41, 5.74) is -0.782. The van der Waals surface area contributed by atoms with Crippen LogP contribution in [0.2, 0.25) is 0 Å². The molecule has 0 aliphatic carbocycles. The number of nitro benzene ring substituents is 1. The van der Waals surface area contributed by atoms with Crippen LogP contribution in [0.5, 0.6) is 0 Å². The van der Waals surface area contributed by atoms with E-state index in [1.165, 1.54) is 0 Å². The molecule has 1 aromatic rings. The first kappa shape index (κ1) is 10.5. The molecule has 14 heavy (non-hydrogen) atoms. The molecule has 0 aromatic heterocycles. The molecule has 0 fully saturated rings. The van der Waals surface area contributed by atoms with E-state index >= 15 is 0 Å². The van der Waals surface area contributed by atoms with Crippen LogP contribution in [0.4, 0.5) is 14.5 Å². The molecule has 76 valence electrons. The highest BCUT2D eigenvalue weighted by Gasteiger charge is 2.17. The van der Waals surface area contributed by atoms with Crippen LogP contribution in [-0.4, -0.2) is 16.7 Å². The molecule has 0 radical (unpaired) electrons. The van der Waals surface area contributed by atoms with Gasteiger partial charge in [0.1, 0.15) is 12.8 Å². The minimum absolute atomic E-state index is 0.0133. The second kappa shape index (κ2) is 4.10. The summed E-state index contributed by atoms with van der Waals surface area (Å²) < 4.78 is 24.8. The van der Waals surface area contributed by atoms with Gasteiger partial charge in [0.25, 0.3) is 0 Å². The van der Waals surface area contributed by atoms with Crippen LogP contribution < -0.4 is 0 Å². The van der Waals surface area contributed by atoms with Crippen LogP contribution in [0, 0.1) is 15.9 Å². The number of aliphatic hydroxyl groups is 1. The number of hydrogen-bond donors (Lipinski definition) is 1. The maximum Gasteiger partial charge on any atom is 0.305 e. The summed E-state index contributed by atoms with van der Waals surface area (Å²) in [6.07, 6.45) is -1.45. The van der Waals surface area contributed by atoms with Crippen molar-refractivity contribution in [3.63, 3.8) is 0 Å². The van der Waals surface area contributed by atoms with Gasteiger partial charge in [-0.2, -0.15) is 4.39 Å². The molecule has 0 saturated heterocycles. The SMILES string of the molecule is O=[N+]([O-])c1cc(C(O)CF)ccc1F. The number of aliphatic hydroxyl groups excluding tert-OH is 1. The lowest BCUT2D eigenvalue weighted by atomic mass is 10.1. The van der Waals surface area contributed by atoms with Gasteiger partial charge < -0.3 is 5.11 Å². The third-order valence-corrected chi connectivity index (χ3v) is 1.70. The number of halogens is 2. The van der Waals surface area contributed by atoms with E-state index in [4.69, 9.17) is 5.11 Å². The molecule has 1 atom stereocenters. The van der Waals surface area contributed by atoms with E-state index in [-0.39, 0.29) is 5.56 Å². The molecule has 6 heteroatoms. The Hall–Kier alpha value is -1.56. The van der Waals surface area contributed by atoms with Gasteiger partial charge in [0.2, 0.25) is 5.82 Å². The second-order valence-electron chi connectivity index (χ2n) is 2.64. The lowest BCUT2D eigenvalue weighted by Crippen LogP contribution is -2.01. The van der Waals surface area contributed by atoms with Gasteiger partial charge in [0, 0.05) is 6.07 Å². The van der Waals surface area contributed by atoms with Crippen molar-refractivity contribution in [1.82, 2.24) is 0 Å². The van der Waals surface area contributed by atoms with Gasteiger partial charge in [-0.05, 0) is 11.6 Å². The summed E-state index contributed by atoms with van der Waals surface area (Å²) in [6.45, 7) is -1.07. The number of benzene rings is 1. The third-order valence-electron chi connectivity index (χ3n) is 1.70. The van der Waals surface area contributed by atoms with Crippen LogP contribution in [0.25, 0.3) is 0 Å². The maximum absolute atomic E-state index is 12.8. The van der Waals surface area contributed by atoms with Crippen molar-refractivity contribution < 1.29 is 18.8 Å². The van der Waals surface area contributed by atoms with E-state index in [0.717, 1.165) is 18.2 Å². The molecular formula is C8H7F2NO3. The molecule has 1 aromatic carbocycles. The summed E-state index contributed by atoms with van der Waals surface area (Å²) in [4.78, 5) is 9.35. The molecule has 1 rings (SSSR count). The number of nitro groups is 1. The number of alkyl halides is 1. The molecule has 0 aliphatic heterocycles. The van der Waals surface area contributed by atoms with Gasteiger partial charge in [0.05, 0.1) is 4.92 Å². The summed E-state index contributed by atoms with van der Waals surface area (Å²) in [7, 11) is 0. The normalized spacial score (nSPS) is 12.5. The summed E-state index contributed by atoms with van der Waals surface area (Å²) in [5, 5.41) is 19.3. The van der Waals surface area contributed by atoms with Crippen LogP contribution in [0.15, 0.2) is 18.2 Å². The largest absolute Gasteiger partial charge is 0.386 e. The minimum Gasteiger partial charge on any atom is -0.386 e. The van der Waals surface area contributed by atoms with E-state index in [1.54, 1.807) is 0 Å². The molecule has 0 bridgehead atoms. The van der Waals surface area contributed by atoms with Gasteiger partial charge in [-0.1, -0.05) is 6.07 Å². The fourth-order valence-corrected chi connectivity index (χ4v) is 0.966. The third kappa shape index (κ3) is 2.02. The van der Waals surface area contributed by atoms with E-state index in [0.29, 0.717) is 0 Å². The zero-order valence-electron chi connectivity index (χ0n) is 6.98. The number of nitrogens with zero attached hydrogens (tertiary/aromatic N) is 1. The summed E-state index contributed by atoms with van der Waals surface area (Å²) in [5.74, 6) is -1.01. The van der Waals surface area contributed by atoms with Crippen molar-refractivity contribution >= 4 is 5.69 Å². The first-order chi connectivity index (χ1) is 6.56. The van der Waals surface area contributed by atoms with E-state index in [9.17, 15) is 18.9 Å². The molecule has 0 aliphatic rings. The molecule has 0 amide bonds. The van der Waals surface area contributed by atoms with Crippen LogP contribution in [-0.2, 0) is 0 Å². The van der Waals surface area contributed by atoms with Crippen LogP contribution in [0.1, 0.15) is 11.7 Å². The van der Waals surface area contributed by atoms with Gasteiger partial charge in [0.15, 0.2) is 0 Å². The molecular weight excluding hydrogens is 196 g/mol. The number of hydrogen-bond acceptors (Lipinski definition) is 3. The predicted molar refractivity (Wildman–Crippen MR) is 44.0 cm³/mol. The van der Waals surface area contributed by atoms with Crippen molar-refractivity contribution in [2.45, 2.75) is 6.10 Å². The zero-order chi connectivity index (χ0) is 10.7. The summed E-state index contributed by atoms with van der Waals surface area (Å²) >= 11 is 0. The van der Waals surface area contributed by atoms with Crippen LogP contribution >= 0.6 is 0 Å². The van der Waals surface area contributed by atoms with Gasteiger partial charge in [-0.15, -0.1) is 0 Å². The quantitative estimate of drug-likeness (QED) is 0.601. The van der Waals surface area contributed by atoms with E-state index in [1.807, 2.05) is 0 Å². The molecule has 0 spiro atoms. The van der Waals surface area contributed by atoms with Crippen molar-refractivity contribution in [2.24, 2.45) is 0 Å². The zero-order valence-corrected chi connectivity index (χ0v) is 6.98. The molecule has 1 N–H and O–H groups in total. The lowest BCUT2D eigenvalue weighted by molar-refractivity contribution is -0.387. The first-order valence-corrected chi connectivity index (χ1v) is 3.74. The Labute approximate surface area is 77.9 Å². The fourth-order valence-electron chi connectivity index (χ4n) is 0.966. The summed E-state index contributed by atoms with van der Waals surface area (Å²) in [6, 6.07) is 2.75. The Bertz CT molecular complexity index is 356.